The van der Waals surface area contributed by atoms with E-state index in [1.165, 1.54) is 10.7 Å². The SMILES string of the molecule is Cn1nc(C(=O)O)c2sc(NC(=O)c3cccc(Cl)c3)nc21. The van der Waals surface area contributed by atoms with E-state index in [2.05, 4.69) is 15.4 Å². The van der Waals surface area contributed by atoms with Gasteiger partial charge in [0.2, 0.25) is 0 Å². The third kappa shape index (κ3) is 2.53. The molecule has 112 valence electrons. The smallest absolute Gasteiger partial charge is 0.357 e. The number of carbonyl (C=O) groups excluding carboxylic acids is 1. The number of rotatable bonds is 3. The van der Waals surface area contributed by atoms with Crippen molar-refractivity contribution in [2.75, 3.05) is 5.32 Å². The standard InChI is InChI=1S/C13H9ClN4O3S/c1-18-10-9(8(17-18)12(20)21)22-13(15-10)16-11(19)6-3-2-4-7(14)5-6/h2-5H,1H3,(H,20,21)(H,15,16,19). The Labute approximate surface area is 133 Å². The Kier molecular flexibility index (Phi) is 3.55. The number of carbonyl (C=O) groups is 2. The summed E-state index contributed by atoms with van der Waals surface area (Å²) in [6.45, 7) is 0. The molecule has 0 radical (unpaired) electrons. The van der Waals surface area contributed by atoms with Crippen molar-refractivity contribution in [2.45, 2.75) is 0 Å². The van der Waals surface area contributed by atoms with Gasteiger partial charge in [-0.1, -0.05) is 29.0 Å². The number of anilines is 1. The van der Waals surface area contributed by atoms with Crippen molar-refractivity contribution in [3.63, 3.8) is 0 Å². The van der Waals surface area contributed by atoms with Crippen molar-refractivity contribution in [2.24, 2.45) is 7.05 Å². The van der Waals surface area contributed by atoms with Crippen molar-refractivity contribution in [1.29, 1.82) is 0 Å². The molecule has 1 amide bonds. The van der Waals surface area contributed by atoms with Gasteiger partial charge in [0.05, 0.1) is 0 Å². The molecule has 0 spiro atoms. The van der Waals surface area contributed by atoms with Crippen LogP contribution in [-0.4, -0.2) is 31.7 Å². The van der Waals surface area contributed by atoms with Crippen LogP contribution >= 0.6 is 22.9 Å². The molecular weight excluding hydrogens is 328 g/mol. The summed E-state index contributed by atoms with van der Waals surface area (Å²) in [6, 6.07) is 6.50. The molecule has 0 saturated heterocycles. The number of nitrogens with zero attached hydrogens (tertiary/aromatic N) is 3. The van der Waals surface area contributed by atoms with Gasteiger partial charge < -0.3 is 5.11 Å². The summed E-state index contributed by atoms with van der Waals surface area (Å²) < 4.78 is 1.78. The Morgan fingerprint density at radius 1 is 1.41 bits per heavy atom. The summed E-state index contributed by atoms with van der Waals surface area (Å²) in [7, 11) is 1.59. The van der Waals surface area contributed by atoms with Gasteiger partial charge in [0.25, 0.3) is 5.91 Å². The van der Waals surface area contributed by atoms with Crippen LogP contribution in [0.5, 0.6) is 0 Å². The molecule has 3 aromatic rings. The second kappa shape index (κ2) is 5.39. The number of amides is 1. The first kappa shape index (κ1) is 14.5. The molecule has 2 N–H and O–H groups in total. The van der Waals surface area contributed by atoms with E-state index in [9.17, 15) is 9.59 Å². The molecule has 0 aliphatic heterocycles. The fourth-order valence-corrected chi connectivity index (χ4v) is 3.07. The third-order valence-electron chi connectivity index (χ3n) is 2.89. The van der Waals surface area contributed by atoms with Crippen LogP contribution in [0.4, 0.5) is 5.13 Å². The number of aromatic nitrogens is 3. The Bertz CT molecular complexity index is 902. The highest BCUT2D eigenvalue weighted by atomic mass is 35.5. The van der Waals surface area contributed by atoms with Gasteiger partial charge >= 0.3 is 5.97 Å². The zero-order chi connectivity index (χ0) is 15.9. The highest BCUT2D eigenvalue weighted by molar-refractivity contribution is 7.22. The lowest BCUT2D eigenvalue weighted by molar-refractivity contribution is 0.0691. The molecule has 3 rings (SSSR count). The van der Waals surface area contributed by atoms with Crippen LogP contribution in [0.3, 0.4) is 0 Å². The Morgan fingerprint density at radius 3 is 2.86 bits per heavy atom. The van der Waals surface area contributed by atoms with Gasteiger partial charge in [-0.3, -0.25) is 10.1 Å². The van der Waals surface area contributed by atoms with Crippen LogP contribution in [0.25, 0.3) is 10.3 Å². The topological polar surface area (TPSA) is 97.1 Å². The number of carboxylic acids is 1. The molecule has 7 nitrogen and oxygen atoms in total. The number of thiazole rings is 1. The molecular formula is C13H9ClN4O3S. The van der Waals surface area contributed by atoms with E-state index in [-0.39, 0.29) is 11.6 Å². The van der Waals surface area contributed by atoms with Crippen LogP contribution in [0.15, 0.2) is 24.3 Å². The molecule has 0 aliphatic carbocycles. The molecule has 0 unspecified atom stereocenters. The summed E-state index contributed by atoms with van der Waals surface area (Å²) in [5.41, 5.74) is 0.713. The van der Waals surface area contributed by atoms with Gasteiger partial charge in [0.15, 0.2) is 16.5 Å². The van der Waals surface area contributed by atoms with E-state index in [4.69, 9.17) is 16.7 Å². The summed E-state index contributed by atoms with van der Waals surface area (Å²) in [5, 5.41) is 16.4. The third-order valence-corrected chi connectivity index (χ3v) is 4.09. The predicted molar refractivity (Wildman–Crippen MR) is 82.8 cm³/mol. The first-order valence-electron chi connectivity index (χ1n) is 6.09. The van der Waals surface area contributed by atoms with Gasteiger partial charge in [0.1, 0.15) is 4.70 Å². The van der Waals surface area contributed by atoms with Crippen molar-refractivity contribution in [3.05, 3.63) is 40.5 Å². The molecule has 0 bridgehead atoms. The van der Waals surface area contributed by atoms with Crippen LogP contribution in [0, 0.1) is 0 Å². The van der Waals surface area contributed by atoms with E-state index in [0.29, 0.717) is 26.1 Å². The number of carboxylic acid groups (broad SMARTS) is 1. The number of fused-ring (bicyclic) bond motifs is 1. The largest absolute Gasteiger partial charge is 0.476 e. The summed E-state index contributed by atoms with van der Waals surface area (Å²) in [5.74, 6) is -1.51. The molecule has 9 heteroatoms. The minimum atomic E-state index is -1.14. The normalized spacial score (nSPS) is 10.8. The molecule has 22 heavy (non-hydrogen) atoms. The van der Waals surface area contributed by atoms with Crippen LogP contribution in [-0.2, 0) is 7.05 Å². The molecule has 0 fully saturated rings. The lowest BCUT2D eigenvalue weighted by Crippen LogP contribution is -2.11. The molecule has 0 aliphatic rings. The monoisotopic (exact) mass is 336 g/mol. The van der Waals surface area contributed by atoms with Crippen LogP contribution in [0.2, 0.25) is 5.02 Å². The highest BCUT2D eigenvalue weighted by Gasteiger charge is 2.20. The number of aryl methyl sites for hydroxylation is 1. The lowest BCUT2D eigenvalue weighted by atomic mass is 10.2. The van der Waals surface area contributed by atoms with Crippen molar-refractivity contribution in [3.8, 4) is 0 Å². The second-order valence-corrected chi connectivity index (χ2v) is 5.85. The summed E-state index contributed by atoms with van der Waals surface area (Å²) in [4.78, 5) is 27.4. The number of nitrogens with one attached hydrogen (secondary N) is 1. The van der Waals surface area contributed by atoms with Crippen LogP contribution in [0.1, 0.15) is 20.8 Å². The number of benzene rings is 1. The summed E-state index contributed by atoms with van der Waals surface area (Å²) in [6.07, 6.45) is 0. The number of halogens is 1. The van der Waals surface area contributed by atoms with Crippen molar-refractivity contribution < 1.29 is 14.7 Å². The van der Waals surface area contributed by atoms with Crippen molar-refractivity contribution >= 4 is 50.3 Å². The minimum Gasteiger partial charge on any atom is -0.476 e. The van der Waals surface area contributed by atoms with Crippen molar-refractivity contribution in [1.82, 2.24) is 14.8 Å². The van der Waals surface area contributed by atoms with Crippen LogP contribution < -0.4 is 5.32 Å². The Balaban J connectivity index is 1.93. The summed E-state index contributed by atoms with van der Waals surface area (Å²) >= 11 is 6.91. The fraction of sp³-hybridized carbons (Fsp3) is 0.0769. The van der Waals surface area contributed by atoms with E-state index < -0.39 is 5.97 Å². The number of hydrogen-bond donors (Lipinski definition) is 2. The van der Waals surface area contributed by atoms with Gasteiger partial charge in [0, 0.05) is 17.6 Å². The first-order valence-corrected chi connectivity index (χ1v) is 7.29. The van der Waals surface area contributed by atoms with Gasteiger partial charge in [-0.15, -0.1) is 0 Å². The molecule has 2 aromatic heterocycles. The zero-order valence-corrected chi connectivity index (χ0v) is 12.8. The maximum Gasteiger partial charge on any atom is 0.357 e. The Morgan fingerprint density at radius 2 is 2.18 bits per heavy atom. The lowest BCUT2D eigenvalue weighted by Gasteiger charge is -2.01. The highest BCUT2D eigenvalue weighted by Crippen LogP contribution is 2.29. The quantitative estimate of drug-likeness (QED) is 0.766. The molecule has 0 atom stereocenters. The molecule has 2 heterocycles. The Hall–Kier alpha value is -2.45. The number of hydrogen-bond acceptors (Lipinski definition) is 5. The average molecular weight is 337 g/mol. The maximum absolute atomic E-state index is 12.1. The second-order valence-electron chi connectivity index (χ2n) is 4.41. The zero-order valence-electron chi connectivity index (χ0n) is 11.2. The minimum absolute atomic E-state index is 0.0849. The predicted octanol–water partition coefficient (Wildman–Crippen LogP) is 2.63. The fourth-order valence-electron chi connectivity index (χ4n) is 1.92. The number of aromatic carboxylic acids is 1. The van der Waals surface area contributed by atoms with E-state index in [1.807, 2.05) is 0 Å². The van der Waals surface area contributed by atoms with E-state index in [0.717, 1.165) is 11.3 Å². The maximum atomic E-state index is 12.1. The van der Waals surface area contributed by atoms with E-state index in [1.54, 1.807) is 25.2 Å². The van der Waals surface area contributed by atoms with Gasteiger partial charge in [-0.25, -0.2) is 9.48 Å². The van der Waals surface area contributed by atoms with Gasteiger partial charge in [-0.2, -0.15) is 10.1 Å². The average Bonchev–Trinajstić information content (AvgIpc) is 2.99. The molecule has 1 aromatic carbocycles. The molecule has 0 saturated carbocycles. The van der Waals surface area contributed by atoms with E-state index >= 15 is 0 Å². The first-order chi connectivity index (χ1) is 10.5. The van der Waals surface area contributed by atoms with Gasteiger partial charge in [-0.05, 0) is 18.2 Å².